The first kappa shape index (κ1) is 14.0. The summed E-state index contributed by atoms with van der Waals surface area (Å²) in [6.45, 7) is 4.04. The molecular formula is C14H22O3. The number of hydrogen-bond donors (Lipinski definition) is 2. The maximum atomic E-state index is 10.2. The van der Waals surface area contributed by atoms with Gasteiger partial charge in [0.2, 0.25) is 0 Å². The highest BCUT2D eigenvalue weighted by atomic mass is 16.5. The second kappa shape index (κ2) is 6.62. The molecule has 1 aromatic rings. The average molecular weight is 238 g/mol. The SMILES string of the molecule is CCC(CC)C(O)C(O)c1ccccc1OC. The van der Waals surface area contributed by atoms with Crippen LogP contribution in [-0.2, 0) is 0 Å². The standard InChI is InChI=1S/C14H22O3/c1-4-10(5-2)13(15)14(16)11-8-6-7-9-12(11)17-3/h6-10,13-16H,4-5H2,1-3H3. The zero-order valence-corrected chi connectivity index (χ0v) is 10.8. The van der Waals surface area contributed by atoms with E-state index in [0.29, 0.717) is 11.3 Å². The van der Waals surface area contributed by atoms with E-state index in [1.54, 1.807) is 19.2 Å². The highest BCUT2D eigenvalue weighted by Gasteiger charge is 2.26. The van der Waals surface area contributed by atoms with Gasteiger partial charge in [0.15, 0.2) is 0 Å². The van der Waals surface area contributed by atoms with Crippen molar-refractivity contribution >= 4 is 0 Å². The van der Waals surface area contributed by atoms with Crippen LogP contribution in [0, 0.1) is 5.92 Å². The molecule has 0 fully saturated rings. The van der Waals surface area contributed by atoms with Gasteiger partial charge in [-0.15, -0.1) is 0 Å². The van der Waals surface area contributed by atoms with Gasteiger partial charge in [-0.3, -0.25) is 0 Å². The Morgan fingerprint density at radius 3 is 2.24 bits per heavy atom. The molecule has 0 aliphatic heterocycles. The highest BCUT2D eigenvalue weighted by Crippen LogP contribution is 2.31. The molecule has 0 heterocycles. The van der Waals surface area contributed by atoms with Crippen molar-refractivity contribution in [2.75, 3.05) is 7.11 Å². The molecule has 0 amide bonds. The summed E-state index contributed by atoms with van der Waals surface area (Å²) in [5.74, 6) is 0.722. The van der Waals surface area contributed by atoms with Gasteiger partial charge in [-0.1, -0.05) is 44.9 Å². The van der Waals surface area contributed by atoms with Crippen molar-refractivity contribution < 1.29 is 14.9 Å². The molecule has 2 atom stereocenters. The van der Waals surface area contributed by atoms with E-state index in [0.717, 1.165) is 12.8 Å². The molecule has 0 saturated carbocycles. The first-order valence-corrected chi connectivity index (χ1v) is 6.14. The zero-order valence-electron chi connectivity index (χ0n) is 10.8. The summed E-state index contributed by atoms with van der Waals surface area (Å²) < 4.78 is 5.19. The molecular weight excluding hydrogens is 216 g/mol. The molecule has 1 aromatic carbocycles. The molecule has 0 aliphatic carbocycles. The van der Waals surface area contributed by atoms with Crippen molar-refractivity contribution in [3.8, 4) is 5.75 Å². The second-order valence-corrected chi connectivity index (χ2v) is 4.25. The van der Waals surface area contributed by atoms with E-state index < -0.39 is 12.2 Å². The lowest BCUT2D eigenvalue weighted by atomic mass is 9.89. The fourth-order valence-electron chi connectivity index (χ4n) is 2.12. The number of aliphatic hydroxyl groups is 2. The van der Waals surface area contributed by atoms with Gasteiger partial charge in [-0.05, 0) is 12.0 Å². The normalized spacial score (nSPS) is 14.7. The first-order valence-electron chi connectivity index (χ1n) is 6.14. The van der Waals surface area contributed by atoms with Crippen molar-refractivity contribution in [2.24, 2.45) is 5.92 Å². The zero-order chi connectivity index (χ0) is 12.8. The molecule has 3 nitrogen and oxygen atoms in total. The third kappa shape index (κ3) is 3.20. The van der Waals surface area contributed by atoms with Crippen LogP contribution in [0.15, 0.2) is 24.3 Å². The predicted molar refractivity (Wildman–Crippen MR) is 68.0 cm³/mol. The van der Waals surface area contributed by atoms with Crippen LogP contribution in [0.25, 0.3) is 0 Å². The van der Waals surface area contributed by atoms with Gasteiger partial charge in [0.1, 0.15) is 11.9 Å². The lowest BCUT2D eigenvalue weighted by molar-refractivity contribution is -0.0219. The molecule has 0 bridgehead atoms. The molecule has 2 unspecified atom stereocenters. The monoisotopic (exact) mass is 238 g/mol. The minimum atomic E-state index is -0.893. The van der Waals surface area contributed by atoms with E-state index in [9.17, 15) is 10.2 Å². The van der Waals surface area contributed by atoms with Crippen molar-refractivity contribution in [1.29, 1.82) is 0 Å². The van der Waals surface area contributed by atoms with Crippen LogP contribution < -0.4 is 4.74 Å². The lowest BCUT2D eigenvalue weighted by Gasteiger charge is -2.26. The Balaban J connectivity index is 2.91. The van der Waals surface area contributed by atoms with Crippen molar-refractivity contribution in [1.82, 2.24) is 0 Å². The van der Waals surface area contributed by atoms with Gasteiger partial charge in [-0.2, -0.15) is 0 Å². The fourth-order valence-corrected chi connectivity index (χ4v) is 2.12. The van der Waals surface area contributed by atoms with Crippen LogP contribution in [0.1, 0.15) is 38.4 Å². The Morgan fingerprint density at radius 2 is 1.71 bits per heavy atom. The Bertz CT molecular complexity index is 334. The van der Waals surface area contributed by atoms with Gasteiger partial charge in [0.25, 0.3) is 0 Å². The molecule has 17 heavy (non-hydrogen) atoms. The van der Waals surface area contributed by atoms with Crippen molar-refractivity contribution in [3.05, 3.63) is 29.8 Å². The highest BCUT2D eigenvalue weighted by molar-refractivity contribution is 5.35. The summed E-state index contributed by atoms with van der Waals surface area (Å²) >= 11 is 0. The average Bonchev–Trinajstić information content (AvgIpc) is 2.39. The molecule has 0 aliphatic rings. The van der Waals surface area contributed by atoms with Crippen molar-refractivity contribution in [2.45, 2.75) is 38.9 Å². The second-order valence-electron chi connectivity index (χ2n) is 4.25. The molecule has 0 saturated heterocycles. The number of hydrogen-bond acceptors (Lipinski definition) is 3. The molecule has 0 radical (unpaired) electrons. The largest absolute Gasteiger partial charge is 0.496 e. The number of methoxy groups -OCH3 is 1. The minimum absolute atomic E-state index is 0.106. The summed E-state index contributed by atoms with van der Waals surface area (Å²) in [5, 5.41) is 20.3. The predicted octanol–water partition coefficient (Wildman–Crippen LogP) is 2.53. The van der Waals surface area contributed by atoms with E-state index in [-0.39, 0.29) is 5.92 Å². The number of para-hydroxylation sites is 1. The fraction of sp³-hybridized carbons (Fsp3) is 0.571. The molecule has 0 spiro atoms. The molecule has 2 N–H and O–H groups in total. The van der Waals surface area contributed by atoms with Gasteiger partial charge in [0, 0.05) is 5.56 Å². The third-order valence-corrected chi connectivity index (χ3v) is 3.31. The molecule has 0 aromatic heterocycles. The van der Waals surface area contributed by atoms with Crippen LogP contribution in [0.3, 0.4) is 0 Å². The quantitative estimate of drug-likeness (QED) is 0.800. The first-order chi connectivity index (χ1) is 8.15. The summed E-state index contributed by atoms with van der Waals surface area (Å²) in [4.78, 5) is 0. The summed E-state index contributed by atoms with van der Waals surface area (Å²) in [5.41, 5.74) is 0.648. The van der Waals surface area contributed by atoms with Crippen LogP contribution >= 0.6 is 0 Å². The van der Waals surface area contributed by atoms with E-state index >= 15 is 0 Å². The van der Waals surface area contributed by atoms with Crippen LogP contribution in [0.4, 0.5) is 0 Å². The summed E-state index contributed by atoms with van der Waals surface area (Å²) in [7, 11) is 1.56. The molecule has 3 heteroatoms. The van der Waals surface area contributed by atoms with E-state index in [2.05, 4.69) is 0 Å². The van der Waals surface area contributed by atoms with E-state index in [1.807, 2.05) is 26.0 Å². The van der Waals surface area contributed by atoms with Gasteiger partial charge in [-0.25, -0.2) is 0 Å². The maximum Gasteiger partial charge on any atom is 0.124 e. The number of rotatable bonds is 6. The van der Waals surface area contributed by atoms with Gasteiger partial charge >= 0.3 is 0 Å². The van der Waals surface area contributed by atoms with Crippen LogP contribution in [-0.4, -0.2) is 23.4 Å². The lowest BCUT2D eigenvalue weighted by Crippen LogP contribution is -2.27. The van der Waals surface area contributed by atoms with Crippen LogP contribution in [0.2, 0.25) is 0 Å². The topological polar surface area (TPSA) is 49.7 Å². The van der Waals surface area contributed by atoms with Gasteiger partial charge < -0.3 is 14.9 Å². The number of ether oxygens (including phenoxy) is 1. The molecule has 1 rings (SSSR count). The smallest absolute Gasteiger partial charge is 0.124 e. The van der Waals surface area contributed by atoms with Crippen LogP contribution in [0.5, 0.6) is 5.75 Å². The number of aliphatic hydroxyl groups excluding tert-OH is 2. The Hall–Kier alpha value is -1.06. The Kier molecular flexibility index (Phi) is 5.45. The Labute approximate surface area is 103 Å². The van der Waals surface area contributed by atoms with Gasteiger partial charge in [0.05, 0.1) is 13.2 Å². The Morgan fingerprint density at radius 1 is 1.12 bits per heavy atom. The van der Waals surface area contributed by atoms with Crippen molar-refractivity contribution in [3.63, 3.8) is 0 Å². The number of benzene rings is 1. The minimum Gasteiger partial charge on any atom is -0.496 e. The maximum absolute atomic E-state index is 10.2. The van der Waals surface area contributed by atoms with E-state index in [4.69, 9.17) is 4.74 Å². The third-order valence-electron chi connectivity index (χ3n) is 3.31. The molecule has 96 valence electrons. The summed E-state index contributed by atoms with van der Waals surface area (Å²) in [6.07, 6.45) is 0.0608. The van der Waals surface area contributed by atoms with E-state index in [1.165, 1.54) is 0 Å². The summed E-state index contributed by atoms with van der Waals surface area (Å²) in [6, 6.07) is 7.26.